The minimum absolute atomic E-state index is 0.218. The first-order valence-corrected chi connectivity index (χ1v) is 10.5. The Balaban J connectivity index is 3.84. The lowest BCUT2D eigenvalue weighted by atomic mass is 10.2. The van der Waals surface area contributed by atoms with Crippen LogP contribution in [0.15, 0.2) is 84.6 Å². The summed E-state index contributed by atoms with van der Waals surface area (Å²) >= 11 is 0. The number of rotatable bonds is 15. The van der Waals surface area contributed by atoms with Crippen molar-refractivity contribution in [2.75, 3.05) is 6.61 Å². The third kappa shape index (κ3) is 17.1. The molecule has 0 saturated carbocycles. The zero-order valence-electron chi connectivity index (χ0n) is 18.0. The van der Waals surface area contributed by atoms with Gasteiger partial charge in [0.05, 0.1) is 6.61 Å². The quantitative estimate of drug-likeness (QED) is 0.126. The second kappa shape index (κ2) is 21.0. The van der Waals surface area contributed by atoms with Gasteiger partial charge in [0.15, 0.2) is 0 Å². The monoisotopic (exact) mass is 382 g/mol. The van der Waals surface area contributed by atoms with E-state index in [0.717, 1.165) is 38.5 Å². The Bertz CT molecular complexity index is 584. The summed E-state index contributed by atoms with van der Waals surface area (Å²) in [4.78, 5) is 11.6. The molecular weight excluding hydrogens is 344 g/mol. The van der Waals surface area contributed by atoms with E-state index in [0.29, 0.717) is 18.6 Å². The third-order valence-corrected chi connectivity index (χ3v) is 3.78. The zero-order chi connectivity index (χ0) is 20.7. The van der Waals surface area contributed by atoms with Gasteiger partial charge in [0.25, 0.3) is 0 Å². The molecule has 2 heteroatoms. The first kappa shape index (κ1) is 25.6. The van der Waals surface area contributed by atoms with Gasteiger partial charge in [-0.1, -0.05) is 92.8 Å². The number of hydrogen-bond donors (Lipinski definition) is 0. The minimum Gasteiger partial charge on any atom is -0.463 e. The SMILES string of the molecule is CCC=CCC=CCC=CCC=CCC=CCC=CC=C(CC)C(=O)OCC. The maximum atomic E-state index is 11.6. The molecule has 0 aromatic carbocycles. The van der Waals surface area contributed by atoms with Crippen molar-refractivity contribution in [1.29, 1.82) is 0 Å². The van der Waals surface area contributed by atoms with Crippen molar-refractivity contribution in [2.45, 2.75) is 65.7 Å². The Hall–Kier alpha value is -2.35. The number of hydrogen-bond acceptors (Lipinski definition) is 2. The number of esters is 1. The normalized spacial score (nSPS) is 13.5. The third-order valence-electron chi connectivity index (χ3n) is 3.78. The second-order valence-electron chi connectivity index (χ2n) is 6.14. The lowest BCUT2D eigenvalue weighted by Crippen LogP contribution is -2.06. The summed E-state index contributed by atoms with van der Waals surface area (Å²) in [6.07, 6.45) is 34.4. The highest BCUT2D eigenvalue weighted by atomic mass is 16.5. The predicted molar refractivity (Wildman–Crippen MR) is 123 cm³/mol. The average molecular weight is 383 g/mol. The van der Waals surface area contributed by atoms with Crippen molar-refractivity contribution >= 4 is 5.97 Å². The van der Waals surface area contributed by atoms with Crippen LogP contribution in [-0.4, -0.2) is 12.6 Å². The number of allylic oxidation sites excluding steroid dienone is 13. The molecule has 28 heavy (non-hydrogen) atoms. The lowest BCUT2D eigenvalue weighted by molar-refractivity contribution is -0.138. The van der Waals surface area contributed by atoms with Crippen molar-refractivity contribution in [3.63, 3.8) is 0 Å². The molecule has 0 aliphatic carbocycles. The smallest absolute Gasteiger partial charge is 0.333 e. The molecule has 0 bridgehead atoms. The van der Waals surface area contributed by atoms with Crippen molar-refractivity contribution in [1.82, 2.24) is 0 Å². The van der Waals surface area contributed by atoms with E-state index in [2.05, 4.69) is 67.7 Å². The van der Waals surface area contributed by atoms with Gasteiger partial charge < -0.3 is 4.74 Å². The molecular formula is C26H38O2. The summed E-state index contributed by atoms with van der Waals surface area (Å²) in [5.74, 6) is -0.218. The first-order chi connectivity index (χ1) is 13.8. The van der Waals surface area contributed by atoms with Crippen LogP contribution in [0.5, 0.6) is 0 Å². The second-order valence-corrected chi connectivity index (χ2v) is 6.14. The number of carbonyl (C=O) groups excluding carboxylic acids is 1. The fraction of sp³-hybridized carbons (Fsp3) is 0.423. The Morgan fingerprint density at radius 3 is 1.46 bits per heavy atom. The first-order valence-electron chi connectivity index (χ1n) is 10.5. The van der Waals surface area contributed by atoms with E-state index < -0.39 is 0 Å². The molecule has 0 N–H and O–H groups in total. The molecule has 0 spiro atoms. The Morgan fingerprint density at radius 2 is 1.07 bits per heavy atom. The topological polar surface area (TPSA) is 26.3 Å². The van der Waals surface area contributed by atoms with Gasteiger partial charge in [-0.25, -0.2) is 4.79 Å². The number of carbonyl (C=O) groups is 1. The van der Waals surface area contributed by atoms with Gasteiger partial charge in [-0.3, -0.25) is 0 Å². The predicted octanol–water partition coefficient (Wildman–Crippen LogP) is 7.58. The molecule has 0 radical (unpaired) electrons. The van der Waals surface area contributed by atoms with Gasteiger partial charge in [0.2, 0.25) is 0 Å². The molecule has 0 aliphatic heterocycles. The highest BCUT2D eigenvalue weighted by molar-refractivity contribution is 5.88. The van der Waals surface area contributed by atoms with Crippen molar-refractivity contribution in [3.05, 3.63) is 84.6 Å². The van der Waals surface area contributed by atoms with Crippen molar-refractivity contribution in [3.8, 4) is 0 Å². The summed E-state index contributed by atoms with van der Waals surface area (Å²) in [6, 6.07) is 0. The van der Waals surface area contributed by atoms with Gasteiger partial charge in [-0.05, 0) is 51.9 Å². The highest BCUT2D eigenvalue weighted by Crippen LogP contribution is 2.04. The number of ether oxygens (including phenoxy) is 1. The van der Waals surface area contributed by atoms with E-state index in [-0.39, 0.29) is 5.97 Å². The average Bonchev–Trinajstić information content (AvgIpc) is 2.70. The van der Waals surface area contributed by atoms with Gasteiger partial charge in [0.1, 0.15) is 0 Å². The van der Waals surface area contributed by atoms with Crippen molar-refractivity contribution in [2.24, 2.45) is 0 Å². The zero-order valence-corrected chi connectivity index (χ0v) is 18.0. The fourth-order valence-corrected chi connectivity index (χ4v) is 2.24. The van der Waals surface area contributed by atoms with E-state index in [1.54, 1.807) is 0 Å². The van der Waals surface area contributed by atoms with Gasteiger partial charge in [-0.2, -0.15) is 0 Å². The summed E-state index contributed by atoms with van der Waals surface area (Å²) in [5, 5.41) is 0. The van der Waals surface area contributed by atoms with E-state index in [4.69, 9.17) is 4.74 Å². The minimum atomic E-state index is -0.218. The van der Waals surface area contributed by atoms with E-state index in [1.807, 2.05) is 32.1 Å². The van der Waals surface area contributed by atoms with E-state index in [9.17, 15) is 4.79 Å². The van der Waals surface area contributed by atoms with Crippen LogP contribution in [0.2, 0.25) is 0 Å². The summed E-state index contributed by atoms with van der Waals surface area (Å²) < 4.78 is 5.01. The summed E-state index contributed by atoms with van der Waals surface area (Å²) in [6.45, 7) is 6.35. The van der Waals surface area contributed by atoms with Gasteiger partial charge in [0, 0.05) is 5.57 Å². The Morgan fingerprint density at radius 1 is 0.643 bits per heavy atom. The van der Waals surface area contributed by atoms with Crippen molar-refractivity contribution < 1.29 is 9.53 Å². The molecule has 0 aliphatic rings. The van der Waals surface area contributed by atoms with Crippen LogP contribution in [0.25, 0.3) is 0 Å². The Labute approximate surface area is 172 Å². The molecule has 0 aromatic heterocycles. The molecule has 0 rings (SSSR count). The maximum absolute atomic E-state index is 11.6. The van der Waals surface area contributed by atoms with Gasteiger partial charge >= 0.3 is 5.97 Å². The molecule has 0 aromatic rings. The molecule has 0 fully saturated rings. The maximum Gasteiger partial charge on any atom is 0.333 e. The van der Waals surface area contributed by atoms with E-state index >= 15 is 0 Å². The molecule has 0 amide bonds. The van der Waals surface area contributed by atoms with Crippen LogP contribution in [-0.2, 0) is 9.53 Å². The largest absolute Gasteiger partial charge is 0.463 e. The van der Waals surface area contributed by atoms with Crippen LogP contribution < -0.4 is 0 Å². The van der Waals surface area contributed by atoms with Crippen LogP contribution in [0.1, 0.15) is 65.7 Å². The molecule has 154 valence electrons. The lowest BCUT2D eigenvalue weighted by Gasteiger charge is -2.02. The molecule has 0 atom stereocenters. The molecule has 0 unspecified atom stereocenters. The molecule has 2 nitrogen and oxygen atoms in total. The van der Waals surface area contributed by atoms with Crippen LogP contribution in [0.3, 0.4) is 0 Å². The summed E-state index contributed by atoms with van der Waals surface area (Å²) in [7, 11) is 0. The van der Waals surface area contributed by atoms with Crippen LogP contribution >= 0.6 is 0 Å². The van der Waals surface area contributed by atoms with Gasteiger partial charge in [-0.15, -0.1) is 0 Å². The standard InChI is InChI=1S/C26H38O2/c1-4-7-8-9-10-11-12-13-14-15-16-17-18-19-20-21-22-23-24-25(5-2)26(27)28-6-3/h7-8,10-11,13-14,16-17,19-20,22-24H,4-6,9,12,15,18,21H2,1-3H3. The van der Waals surface area contributed by atoms with Crippen LogP contribution in [0.4, 0.5) is 0 Å². The molecule has 0 saturated heterocycles. The van der Waals surface area contributed by atoms with Crippen LogP contribution in [0, 0.1) is 0 Å². The Kier molecular flexibility index (Phi) is 19.2. The summed E-state index contributed by atoms with van der Waals surface area (Å²) in [5.41, 5.74) is 0.710. The molecule has 0 heterocycles. The fourth-order valence-electron chi connectivity index (χ4n) is 2.24. The highest BCUT2D eigenvalue weighted by Gasteiger charge is 2.05. The van der Waals surface area contributed by atoms with E-state index in [1.165, 1.54) is 0 Å².